The largest absolute Gasteiger partial charge is 0.162 e. The van der Waals surface area contributed by atoms with Crippen molar-refractivity contribution in [1.82, 2.24) is 0 Å². The van der Waals surface area contributed by atoms with Crippen molar-refractivity contribution in [3.05, 3.63) is 12.2 Å². The van der Waals surface area contributed by atoms with Crippen LogP contribution in [0.25, 0.3) is 0 Å². The van der Waals surface area contributed by atoms with Gasteiger partial charge in [-0.15, -0.1) is 0 Å². The van der Waals surface area contributed by atoms with Crippen molar-refractivity contribution in [3.63, 3.8) is 0 Å². The smallest absolute Gasteiger partial charge is 0.00593 e. The average molecular weight is 156 g/mol. The molecule has 0 aliphatic carbocycles. The van der Waals surface area contributed by atoms with Crippen molar-refractivity contribution in [3.8, 4) is 0 Å². The first-order valence-electron chi connectivity index (χ1n) is 3.89. The molecule has 0 spiro atoms. The van der Waals surface area contributed by atoms with Crippen LogP contribution in [0, 0.1) is 5.41 Å². The van der Waals surface area contributed by atoms with Crippen LogP contribution in [0.4, 0.5) is 0 Å². The first kappa shape index (κ1) is 8.19. The lowest BCUT2D eigenvalue weighted by Gasteiger charge is -2.33. The van der Waals surface area contributed by atoms with Crippen molar-refractivity contribution < 1.29 is 0 Å². The fourth-order valence-electron chi connectivity index (χ4n) is 1.25. The Labute approximate surface area is 68.1 Å². The standard InChI is InChI=1S/C9H16S/c1-8(2)9(3)4-6-10-7-5-9/h1,4-7H2,2-3H3. The molecule has 0 aromatic heterocycles. The lowest BCUT2D eigenvalue weighted by atomic mass is 9.78. The van der Waals surface area contributed by atoms with Crippen LogP contribution in [0.5, 0.6) is 0 Å². The Morgan fingerprint density at radius 2 is 1.90 bits per heavy atom. The van der Waals surface area contributed by atoms with Crippen molar-refractivity contribution in [2.45, 2.75) is 26.7 Å². The minimum absolute atomic E-state index is 0.464. The fourth-order valence-corrected chi connectivity index (χ4v) is 2.64. The Bertz CT molecular complexity index is 132. The van der Waals surface area contributed by atoms with Gasteiger partial charge in [0.2, 0.25) is 0 Å². The Balaban J connectivity index is 2.56. The number of hydrogen-bond donors (Lipinski definition) is 0. The van der Waals surface area contributed by atoms with E-state index in [4.69, 9.17) is 0 Å². The highest BCUT2D eigenvalue weighted by molar-refractivity contribution is 7.99. The molecule has 58 valence electrons. The SMILES string of the molecule is C=C(C)C1(C)CCSCC1. The summed E-state index contributed by atoms with van der Waals surface area (Å²) in [6, 6.07) is 0. The summed E-state index contributed by atoms with van der Waals surface area (Å²) >= 11 is 2.07. The van der Waals surface area contributed by atoms with E-state index >= 15 is 0 Å². The highest BCUT2D eigenvalue weighted by Gasteiger charge is 2.27. The van der Waals surface area contributed by atoms with Gasteiger partial charge in [0, 0.05) is 0 Å². The second kappa shape index (κ2) is 3.00. The summed E-state index contributed by atoms with van der Waals surface area (Å²) in [7, 11) is 0. The molecule has 1 rings (SSSR count). The maximum Gasteiger partial charge on any atom is -0.00593 e. The summed E-state index contributed by atoms with van der Waals surface area (Å²) in [5.41, 5.74) is 1.83. The second-order valence-electron chi connectivity index (χ2n) is 3.45. The molecule has 0 atom stereocenters. The van der Waals surface area contributed by atoms with Crippen molar-refractivity contribution >= 4 is 11.8 Å². The van der Waals surface area contributed by atoms with E-state index in [1.54, 1.807) is 0 Å². The van der Waals surface area contributed by atoms with Crippen LogP contribution >= 0.6 is 11.8 Å². The minimum atomic E-state index is 0.464. The molecule has 1 heterocycles. The van der Waals surface area contributed by atoms with Crippen LogP contribution in [0.2, 0.25) is 0 Å². The van der Waals surface area contributed by atoms with E-state index in [-0.39, 0.29) is 0 Å². The summed E-state index contributed by atoms with van der Waals surface area (Å²) in [5.74, 6) is 2.65. The average Bonchev–Trinajstić information content (AvgIpc) is 1.89. The first-order valence-corrected chi connectivity index (χ1v) is 5.04. The van der Waals surface area contributed by atoms with E-state index in [9.17, 15) is 0 Å². The predicted molar refractivity (Wildman–Crippen MR) is 49.5 cm³/mol. The lowest BCUT2D eigenvalue weighted by molar-refractivity contribution is 0.367. The highest BCUT2D eigenvalue weighted by atomic mass is 32.2. The van der Waals surface area contributed by atoms with Gasteiger partial charge in [-0.1, -0.05) is 19.1 Å². The van der Waals surface area contributed by atoms with Crippen molar-refractivity contribution in [1.29, 1.82) is 0 Å². The number of thioether (sulfide) groups is 1. The number of rotatable bonds is 1. The molecule has 1 fully saturated rings. The van der Waals surface area contributed by atoms with Gasteiger partial charge >= 0.3 is 0 Å². The summed E-state index contributed by atoms with van der Waals surface area (Å²) in [6.45, 7) is 8.55. The quantitative estimate of drug-likeness (QED) is 0.526. The molecule has 0 bridgehead atoms. The molecule has 0 saturated carbocycles. The third kappa shape index (κ3) is 1.57. The predicted octanol–water partition coefficient (Wildman–Crippen LogP) is 3.10. The Morgan fingerprint density at radius 3 is 2.20 bits per heavy atom. The van der Waals surface area contributed by atoms with Crippen LogP contribution in [-0.4, -0.2) is 11.5 Å². The molecular formula is C9H16S. The van der Waals surface area contributed by atoms with Crippen LogP contribution in [0.15, 0.2) is 12.2 Å². The summed E-state index contributed by atoms with van der Waals surface area (Å²) < 4.78 is 0. The molecule has 1 saturated heterocycles. The topological polar surface area (TPSA) is 0 Å². The second-order valence-corrected chi connectivity index (χ2v) is 4.68. The molecule has 10 heavy (non-hydrogen) atoms. The molecule has 1 aliphatic heterocycles. The molecule has 0 N–H and O–H groups in total. The Morgan fingerprint density at radius 1 is 1.40 bits per heavy atom. The van der Waals surface area contributed by atoms with E-state index in [0.717, 1.165) is 0 Å². The van der Waals surface area contributed by atoms with E-state index in [2.05, 4.69) is 32.2 Å². The van der Waals surface area contributed by atoms with Gasteiger partial charge in [0.25, 0.3) is 0 Å². The minimum Gasteiger partial charge on any atom is -0.162 e. The molecule has 1 aliphatic rings. The van der Waals surface area contributed by atoms with Crippen LogP contribution in [0.3, 0.4) is 0 Å². The van der Waals surface area contributed by atoms with Gasteiger partial charge in [0.1, 0.15) is 0 Å². The molecule has 0 radical (unpaired) electrons. The van der Waals surface area contributed by atoms with Gasteiger partial charge in [-0.05, 0) is 36.7 Å². The summed E-state index contributed by atoms with van der Waals surface area (Å²) in [4.78, 5) is 0. The third-order valence-electron chi connectivity index (χ3n) is 2.63. The zero-order valence-corrected chi connectivity index (χ0v) is 7.76. The first-order chi connectivity index (χ1) is 4.65. The van der Waals surface area contributed by atoms with Gasteiger partial charge in [0.05, 0.1) is 0 Å². The zero-order valence-electron chi connectivity index (χ0n) is 6.94. The molecule has 0 aromatic rings. The lowest BCUT2D eigenvalue weighted by Crippen LogP contribution is -2.23. The molecule has 1 heteroatoms. The van der Waals surface area contributed by atoms with Gasteiger partial charge in [-0.25, -0.2) is 0 Å². The van der Waals surface area contributed by atoms with Gasteiger partial charge in [-0.2, -0.15) is 11.8 Å². The summed E-state index contributed by atoms with van der Waals surface area (Å²) in [6.07, 6.45) is 2.65. The molecule has 0 aromatic carbocycles. The molecule has 0 unspecified atom stereocenters. The maximum absolute atomic E-state index is 4.04. The third-order valence-corrected chi connectivity index (χ3v) is 3.61. The molecule has 0 amide bonds. The molecular weight excluding hydrogens is 140 g/mol. The van der Waals surface area contributed by atoms with Crippen molar-refractivity contribution in [2.24, 2.45) is 5.41 Å². The van der Waals surface area contributed by atoms with E-state index in [1.807, 2.05) is 0 Å². The van der Waals surface area contributed by atoms with Gasteiger partial charge in [-0.3, -0.25) is 0 Å². The molecule has 0 nitrogen and oxygen atoms in total. The van der Waals surface area contributed by atoms with Crippen LogP contribution < -0.4 is 0 Å². The van der Waals surface area contributed by atoms with E-state index in [1.165, 1.54) is 29.9 Å². The fraction of sp³-hybridized carbons (Fsp3) is 0.778. The zero-order chi connectivity index (χ0) is 7.61. The Kier molecular flexibility index (Phi) is 2.45. The number of hydrogen-bond acceptors (Lipinski definition) is 1. The number of allylic oxidation sites excluding steroid dienone is 1. The Hall–Kier alpha value is 0.0900. The van der Waals surface area contributed by atoms with E-state index < -0.39 is 0 Å². The monoisotopic (exact) mass is 156 g/mol. The normalized spacial score (nSPS) is 24.2. The van der Waals surface area contributed by atoms with Gasteiger partial charge in [0.15, 0.2) is 0 Å². The van der Waals surface area contributed by atoms with E-state index in [0.29, 0.717) is 5.41 Å². The van der Waals surface area contributed by atoms with Crippen molar-refractivity contribution in [2.75, 3.05) is 11.5 Å². The maximum atomic E-state index is 4.04. The van der Waals surface area contributed by atoms with Gasteiger partial charge < -0.3 is 0 Å². The van der Waals surface area contributed by atoms with Crippen LogP contribution in [-0.2, 0) is 0 Å². The highest BCUT2D eigenvalue weighted by Crippen LogP contribution is 2.39. The van der Waals surface area contributed by atoms with Crippen LogP contribution in [0.1, 0.15) is 26.7 Å². The summed E-state index contributed by atoms with van der Waals surface area (Å²) in [5, 5.41) is 0.